The number of rotatable bonds is 18. The van der Waals surface area contributed by atoms with E-state index in [1.54, 1.807) is 42.7 Å². The molecule has 2 unspecified atom stereocenters. The Balaban J connectivity index is 1.24. The summed E-state index contributed by atoms with van der Waals surface area (Å²) in [5.41, 5.74) is 8.41. The topological polar surface area (TPSA) is 111 Å². The lowest BCUT2D eigenvalue weighted by Gasteiger charge is -2.27. The molecule has 290 valence electrons. The average molecular weight is 755 g/mol. The molecule has 5 aromatic carbocycles. The van der Waals surface area contributed by atoms with Crippen molar-refractivity contribution in [2.75, 3.05) is 55.7 Å². The molecular weight excluding hydrogens is 705 g/mol. The molecule has 10 heteroatoms. The van der Waals surface area contributed by atoms with Crippen molar-refractivity contribution in [2.24, 2.45) is 0 Å². The number of aromatic nitrogens is 2. The van der Waals surface area contributed by atoms with E-state index in [0.717, 1.165) is 57.5 Å². The second kappa shape index (κ2) is 17.6. The van der Waals surface area contributed by atoms with Crippen molar-refractivity contribution in [3.8, 4) is 34.5 Å². The van der Waals surface area contributed by atoms with Crippen molar-refractivity contribution in [1.82, 2.24) is 20.6 Å². The van der Waals surface area contributed by atoms with Crippen molar-refractivity contribution in [1.29, 1.82) is 0 Å². The van der Waals surface area contributed by atoms with Crippen LogP contribution in [0.3, 0.4) is 0 Å². The van der Waals surface area contributed by atoms with Crippen LogP contribution < -0.4 is 39.1 Å². The standard InChI is InChI=1S/C46H50N4O6/c1-51-35-25-39(53-3)43(40(26-35)54-4)45(47-21-19-33-23-31-11-7-9-13-37(31)49-33)29-15-17-30(18-16-29)46(44-41(55-5)27-36(52-2)28-42(44)56-6)48-22-20-34-24-32-12-8-10-14-38(32)50-34/h7-18,23-28,45-50H,19-22H2,1-6H3. The Labute approximate surface area is 328 Å². The van der Waals surface area contributed by atoms with E-state index in [2.05, 4.69) is 93.4 Å². The fourth-order valence-corrected chi connectivity index (χ4v) is 7.53. The van der Waals surface area contributed by atoms with Gasteiger partial charge >= 0.3 is 0 Å². The molecule has 0 bridgehead atoms. The Kier molecular flexibility index (Phi) is 12.0. The number of methoxy groups -OCH3 is 6. The molecule has 2 atom stereocenters. The molecule has 7 aromatic rings. The van der Waals surface area contributed by atoms with Crippen LogP contribution in [0.2, 0.25) is 0 Å². The maximum atomic E-state index is 5.97. The lowest BCUT2D eigenvalue weighted by atomic mass is 9.92. The SMILES string of the molecule is COc1cc(OC)c(C(NCCc2cc3ccccc3[nH]2)c2ccc(C(NCCc3cc4ccccc4[nH]3)c3c(OC)cc(OC)cc3OC)cc2)c(OC)c1. The highest BCUT2D eigenvalue weighted by Crippen LogP contribution is 2.43. The minimum absolute atomic E-state index is 0.275. The van der Waals surface area contributed by atoms with Gasteiger partial charge < -0.3 is 49.0 Å². The van der Waals surface area contributed by atoms with Crippen LogP contribution in [0.25, 0.3) is 21.8 Å². The number of H-pyrrole nitrogens is 2. The molecule has 0 radical (unpaired) electrons. The lowest BCUT2D eigenvalue weighted by Crippen LogP contribution is -2.27. The smallest absolute Gasteiger partial charge is 0.131 e. The summed E-state index contributed by atoms with van der Waals surface area (Å²) in [5, 5.41) is 10.1. The monoisotopic (exact) mass is 754 g/mol. The van der Waals surface area contributed by atoms with Crippen molar-refractivity contribution in [2.45, 2.75) is 24.9 Å². The van der Waals surface area contributed by atoms with Crippen LogP contribution in [0.15, 0.2) is 109 Å². The second-order valence-corrected chi connectivity index (χ2v) is 13.6. The van der Waals surface area contributed by atoms with E-state index in [-0.39, 0.29) is 12.1 Å². The minimum atomic E-state index is -0.275. The summed E-state index contributed by atoms with van der Waals surface area (Å²) >= 11 is 0. The van der Waals surface area contributed by atoms with Crippen molar-refractivity contribution in [3.63, 3.8) is 0 Å². The molecule has 2 aromatic heterocycles. The molecule has 0 spiro atoms. The van der Waals surface area contributed by atoms with Gasteiger partial charge in [-0.1, -0.05) is 60.7 Å². The van der Waals surface area contributed by atoms with Gasteiger partial charge in [0, 0.05) is 59.8 Å². The number of hydrogen-bond donors (Lipinski definition) is 4. The average Bonchev–Trinajstić information content (AvgIpc) is 3.87. The minimum Gasteiger partial charge on any atom is -0.496 e. The molecule has 4 N–H and O–H groups in total. The van der Waals surface area contributed by atoms with Crippen LogP contribution in [0.5, 0.6) is 34.5 Å². The predicted molar refractivity (Wildman–Crippen MR) is 222 cm³/mol. The molecule has 0 aliphatic carbocycles. The molecule has 0 amide bonds. The van der Waals surface area contributed by atoms with Crippen molar-refractivity contribution >= 4 is 21.8 Å². The van der Waals surface area contributed by atoms with Gasteiger partial charge in [0.15, 0.2) is 0 Å². The van der Waals surface area contributed by atoms with E-state index < -0.39 is 0 Å². The third-order valence-electron chi connectivity index (χ3n) is 10.3. The van der Waals surface area contributed by atoms with Gasteiger partial charge in [-0.25, -0.2) is 0 Å². The molecule has 2 heterocycles. The summed E-state index contributed by atoms with van der Waals surface area (Å²) in [6.45, 7) is 1.38. The Hall–Kier alpha value is -6.10. The molecule has 0 fully saturated rings. The van der Waals surface area contributed by atoms with Gasteiger partial charge in [0.2, 0.25) is 0 Å². The summed E-state index contributed by atoms with van der Waals surface area (Å²) in [7, 11) is 9.96. The van der Waals surface area contributed by atoms with E-state index in [0.29, 0.717) is 47.6 Å². The molecule has 0 aliphatic rings. The second-order valence-electron chi connectivity index (χ2n) is 13.6. The van der Waals surface area contributed by atoms with E-state index in [4.69, 9.17) is 28.4 Å². The van der Waals surface area contributed by atoms with Gasteiger partial charge in [-0.05, 0) is 59.0 Å². The number of benzene rings is 5. The van der Waals surface area contributed by atoms with Gasteiger partial charge in [-0.2, -0.15) is 0 Å². The quantitative estimate of drug-likeness (QED) is 0.0691. The molecule has 0 saturated heterocycles. The predicted octanol–water partition coefficient (Wildman–Crippen LogP) is 8.54. The van der Waals surface area contributed by atoms with Crippen LogP contribution in [0, 0.1) is 0 Å². The van der Waals surface area contributed by atoms with Gasteiger partial charge in [0.1, 0.15) is 34.5 Å². The summed E-state index contributed by atoms with van der Waals surface area (Å²) < 4.78 is 35.1. The summed E-state index contributed by atoms with van der Waals surface area (Å²) in [6.07, 6.45) is 1.59. The zero-order valence-electron chi connectivity index (χ0n) is 32.8. The first-order valence-corrected chi connectivity index (χ1v) is 18.8. The molecule has 7 rings (SSSR count). The van der Waals surface area contributed by atoms with Crippen LogP contribution in [0.4, 0.5) is 0 Å². The van der Waals surface area contributed by atoms with Gasteiger partial charge in [-0.3, -0.25) is 0 Å². The van der Waals surface area contributed by atoms with Crippen molar-refractivity contribution < 1.29 is 28.4 Å². The number of fused-ring (bicyclic) bond motifs is 2. The third-order valence-corrected chi connectivity index (χ3v) is 10.3. The molecule has 56 heavy (non-hydrogen) atoms. The van der Waals surface area contributed by atoms with Gasteiger partial charge in [-0.15, -0.1) is 0 Å². The maximum absolute atomic E-state index is 5.97. The van der Waals surface area contributed by atoms with Crippen LogP contribution in [-0.2, 0) is 12.8 Å². The normalized spacial score (nSPS) is 12.4. The highest BCUT2D eigenvalue weighted by molar-refractivity contribution is 5.81. The number of nitrogens with one attached hydrogen (secondary N) is 4. The first-order valence-electron chi connectivity index (χ1n) is 18.8. The molecular formula is C46H50N4O6. The Morgan fingerprint density at radius 2 is 0.804 bits per heavy atom. The van der Waals surface area contributed by atoms with E-state index in [1.807, 2.05) is 36.4 Å². The van der Waals surface area contributed by atoms with Crippen molar-refractivity contribution in [3.05, 3.63) is 143 Å². The number of ether oxygens (including phenoxy) is 6. The number of aromatic amines is 2. The van der Waals surface area contributed by atoms with Crippen LogP contribution >= 0.6 is 0 Å². The lowest BCUT2D eigenvalue weighted by molar-refractivity contribution is 0.361. The maximum Gasteiger partial charge on any atom is 0.131 e. The third kappa shape index (κ3) is 8.12. The molecule has 0 aliphatic heterocycles. The number of para-hydroxylation sites is 2. The summed E-state index contributed by atoms with van der Waals surface area (Å²) in [5.74, 6) is 3.96. The van der Waals surface area contributed by atoms with E-state index in [9.17, 15) is 0 Å². The van der Waals surface area contributed by atoms with E-state index >= 15 is 0 Å². The molecule has 10 nitrogen and oxygen atoms in total. The van der Waals surface area contributed by atoms with Crippen LogP contribution in [0.1, 0.15) is 45.7 Å². The molecule has 0 saturated carbocycles. The first-order chi connectivity index (χ1) is 27.5. The zero-order chi connectivity index (χ0) is 39.0. The number of hydrogen-bond acceptors (Lipinski definition) is 8. The fourth-order valence-electron chi connectivity index (χ4n) is 7.53. The fraction of sp³-hybridized carbons (Fsp3) is 0.261. The summed E-state index contributed by atoms with van der Waals surface area (Å²) in [4.78, 5) is 7.12. The zero-order valence-corrected chi connectivity index (χ0v) is 32.8. The van der Waals surface area contributed by atoms with Crippen LogP contribution in [-0.4, -0.2) is 65.7 Å². The Morgan fingerprint density at radius 3 is 1.12 bits per heavy atom. The van der Waals surface area contributed by atoms with E-state index in [1.165, 1.54) is 10.8 Å². The van der Waals surface area contributed by atoms with Gasteiger partial charge in [0.25, 0.3) is 0 Å². The largest absolute Gasteiger partial charge is 0.496 e. The van der Waals surface area contributed by atoms with Gasteiger partial charge in [0.05, 0.1) is 65.9 Å². The Bertz CT molecular complexity index is 2100. The highest BCUT2D eigenvalue weighted by atomic mass is 16.5. The highest BCUT2D eigenvalue weighted by Gasteiger charge is 2.27. The first kappa shape index (κ1) is 38.2. The Morgan fingerprint density at radius 1 is 0.446 bits per heavy atom. The summed E-state index contributed by atoms with van der Waals surface area (Å²) in [6, 6.07) is 36.8.